The van der Waals surface area contributed by atoms with Gasteiger partial charge >= 0.3 is 0 Å². The van der Waals surface area contributed by atoms with E-state index in [1.165, 1.54) is 12.8 Å². The van der Waals surface area contributed by atoms with Gasteiger partial charge in [-0.2, -0.15) is 0 Å². The van der Waals surface area contributed by atoms with Crippen molar-refractivity contribution in [3.63, 3.8) is 0 Å². The van der Waals surface area contributed by atoms with Gasteiger partial charge in [0.1, 0.15) is 6.04 Å². The van der Waals surface area contributed by atoms with Gasteiger partial charge in [0.05, 0.1) is 6.04 Å². The number of likely N-dealkylation sites (N-methyl/N-ethyl adjacent to an activating group) is 1. The van der Waals surface area contributed by atoms with Crippen molar-refractivity contribution in [2.45, 2.75) is 64.6 Å². The van der Waals surface area contributed by atoms with Gasteiger partial charge in [-0.25, -0.2) is 0 Å². The SMILES string of the molecule is CN[C@@H](C)C(=O)N[C@H](C(=O)N1CCC[C@H]1CN1CCCC1)C(C)C. The predicted octanol–water partition coefficient (Wildman–Crippen LogP) is 0.822. The molecular weight excluding hydrogens is 304 g/mol. The summed E-state index contributed by atoms with van der Waals surface area (Å²) >= 11 is 0. The Bertz CT molecular complexity index is 435. The van der Waals surface area contributed by atoms with Crippen LogP contribution < -0.4 is 10.6 Å². The maximum absolute atomic E-state index is 13.1. The molecule has 0 aromatic carbocycles. The van der Waals surface area contributed by atoms with Crippen LogP contribution in [0.15, 0.2) is 0 Å². The average Bonchev–Trinajstić information content (AvgIpc) is 3.22. The first-order valence-corrected chi connectivity index (χ1v) is 9.44. The second-order valence-corrected chi connectivity index (χ2v) is 7.58. The highest BCUT2D eigenvalue weighted by Gasteiger charge is 2.36. The first kappa shape index (κ1) is 19.2. The van der Waals surface area contributed by atoms with E-state index in [1.54, 1.807) is 7.05 Å². The van der Waals surface area contributed by atoms with Crippen LogP contribution in [0.3, 0.4) is 0 Å². The van der Waals surface area contributed by atoms with Crippen LogP contribution in [-0.4, -0.2) is 73.0 Å². The summed E-state index contributed by atoms with van der Waals surface area (Å²) in [6.45, 7) is 9.92. The molecule has 2 aliphatic heterocycles. The number of likely N-dealkylation sites (tertiary alicyclic amines) is 2. The molecule has 138 valence electrons. The van der Waals surface area contributed by atoms with Gasteiger partial charge in [0.15, 0.2) is 0 Å². The zero-order valence-corrected chi connectivity index (χ0v) is 15.7. The minimum atomic E-state index is -0.438. The lowest BCUT2D eigenvalue weighted by Crippen LogP contribution is -2.56. The molecule has 0 spiro atoms. The van der Waals surface area contributed by atoms with Gasteiger partial charge in [-0.15, -0.1) is 0 Å². The molecule has 0 saturated carbocycles. The van der Waals surface area contributed by atoms with Gasteiger partial charge in [0.2, 0.25) is 11.8 Å². The molecule has 0 aromatic rings. The highest BCUT2D eigenvalue weighted by molar-refractivity contribution is 5.90. The monoisotopic (exact) mass is 338 g/mol. The Hall–Kier alpha value is -1.14. The van der Waals surface area contributed by atoms with E-state index < -0.39 is 6.04 Å². The van der Waals surface area contributed by atoms with Crippen LogP contribution in [0.2, 0.25) is 0 Å². The summed E-state index contributed by atoms with van der Waals surface area (Å²) in [4.78, 5) is 29.8. The molecule has 2 amide bonds. The van der Waals surface area contributed by atoms with E-state index in [2.05, 4.69) is 15.5 Å². The molecule has 0 aromatic heterocycles. The van der Waals surface area contributed by atoms with E-state index in [0.29, 0.717) is 6.04 Å². The van der Waals surface area contributed by atoms with Crippen LogP contribution in [0.25, 0.3) is 0 Å². The maximum atomic E-state index is 13.1. The van der Waals surface area contributed by atoms with E-state index >= 15 is 0 Å². The van der Waals surface area contributed by atoms with Crippen molar-refractivity contribution in [2.75, 3.05) is 33.2 Å². The number of hydrogen-bond donors (Lipinski definition) is 2. The summed E-state index contributed by atoms with van der Waals surface area (Å²) in [5, 5.41) is 5.88. The predicted molar refractivity (Wildman–Crippen MR) is 95.7 cm³/mol. The van der Waals surface area contributed by atoms with Crippen LogP contribution in [0.1, 0.15) is 46.5 Å². The summed E-state index contributed by atoms with van der Waals surface area (Å²) in [6, 6.07) is -0.430. The maximum Gasteiger partial charge on any atom is 0.245 e. The Balaban J connectivity index is 2.00. The number of carbonyl (C=O) groups is 2. The smallest absolute Gasteiger partial charge is 0.245 e. The summed E-state index contributed by atoms with van der Waals surface area (Å²) < 4.78 is 0. The Labute approximate surface area is 146 Å². The summed E-state index contributed by atoms with van der Waals surface area (Å²) in [7, 11) is 1.75. The third-order valence-corrected chi connectivity index (χ3v) is 5.38. The van der Waals surface area contributed by atoms with Gasteiger partial charge in [0, 0.05) is 19.1 Å². The second-order valence-electron chi connectivity index (χ2n) is 7.58. The van der Waals surface area contributed by atoms with Crippen molar-refractivity contribution >= 4 is 11.8 Å². The van der Waals surface area contributed by atoms with Crippen molar-refractivity contribution in [3.05, 3.63) is 0 Å². The van der Waals surface area contributed by atoms with E-state index in [9.17, 15) is 9.59 Å². The van der Waals surface area contributed by atoms with Gasteiger partial charge in [0.25, 0.3) is 0 Å². The minimum absolute atomic E-state index is 0.0820. The molecule has 24 heavy (non-hydrogen) atoms. The first-order chi connectivity index (χ1) is 11.4. The number of hydrogen-bond acceptors (Lipinski definition) is 4. The molecule has 2 heterocycles. The van der Waals surface area contributed by atoms with Crippen LogP contribution in [0.5, 0.6) is 0 Å². The number of carbonyl (C=O) groups excluding carboxylic acids is 2. The topological polar surface area (TPSA) is 64.7 Å². The zero-order chi connectivity index (χ0) is 17.7. The lowest BCUT2D eigenvalue weighted by molar-refractivity contribution is -0.139. The number of nitrogens with zero attached hydrogens (tertiary/aromatic N) is 2. The Kier molecular flexibility index (Phi) is 7.04. The summed E-state index contributed by atoms with van der Waals surface area (Å²) in [6.07, 6.45) is 4.68. The normalized spacial score (nSPS) is 24.4. The van der Waals surface area contributed by atoms with Gasteiger partial charge in [-0.3, -0.25) is 9.59 Å². The fraction of sp³-hybridized carbons (Fsp3) is 0.889. The molecule has 2 saturated heterocycles. The zero-order valence-electron chi connectivity index (χ0n) is 15.7. The lowest BCUT2D eigenvalue weighted by Gasteiger charge is -2.33. The molecular formula is C18H34N4O2. The molecule has 0 radical (unpaired) electrons. The molecule has 0 aliphatic carbocycles. The molecule has 0 bridgehead atoms. The van der Waals surface area contributed by atoms with Crippen LogP contribution in [0.4, 0.5) is 0 Å². The molecule has 3 atom stereocenters. The van der Waals surface area contributed by atoms with Crippen molar-refractivity contribution in [1.29, 1.82) is 0 Å². The summed E-state index contributed by atoms with van der Waals surface area (Å²) in [5.74, 6) is 0.0572. The third kappa shape index (κ3) is 4.70. The van der Waals surface area contributed by atoms with Crippen molar-refractivity contribution in [1.82, 2.24) is 20.4 Å². The highest BCUT2D eigenvalue weighted by Crippen LogP contribution is 2.22. The molecule has 6 heteroatoms. The van der Waals surface area contributed by atoms with Crippen molar-refractivity contribution in [3.8, 4) is 0 Å². The molecule has 2 N–H and O–H groups in total. The van der Waals surface area contributed by atoms with E-state index in [0.717, 1.165) is 39.0 Å². The average molecular weight is 338 g/mol. The van der Waals surface area contributed by atoms with Crippen LogP contribution in [0, 0.1) is 5.92 Å². The number of amides is 2. The standard InChI is InChI=1S/C18H34N4O2/c1-13(2)16(20-17(23)14(3)19-4)18(24)22-11-7-8-15(22)12-21-9-5-6-10-21/h13-16,19H,5-12H2,1-4H3,(H,20,23)/t14-,15-,16-/m0/s1. The lowest BCUT2D eigenvalue weighted by atomic mass is 10.0. The van der Waals surface area contributed by atoms with Crippen molar-refractivity contribution < 1.29 is 9.59 Å². The van der Waals surface area contributed by atoms with E-state index in [1.807, 2.05) is 25.7 Å². The van der Waals surface area contributed by atoms with Crippen LogP contribution >= 0.6 is 0 Å². The van der Waals surface area contributed by atoms with Gasteiger partial charge in [-0.05, 0) is 58.7 Å². The molecule has 2 fully saturated rings. The number of rotatable bonds is 7. The van der Waals surface area contributed by atoms with E-state index in [-0.39, 0.29) is 23.8 Å². The molecule has 0 unspecified atom stereocenters. The van der Waals surface area contributed by atoms with Crippen molar-refractivity contribution in [2.24, 2.45) is 5.92 Å². The molecule has 2 rings (SSSR count). The Morgan fingerprint density at radius 3 is 2.33 bits per heavy atom. The molecule has 6 nitrogen and oxygen atoms in total. The number of nitrogens with one attached hydrogen (secondary N) is 2. The first-order valence-electron chi connectivity index (χ1n) is 9.44. The van der Waals surface area contributed by atoms with Gasteiger partial charge in [-0.1, -0.05) is 13.8 Å². The van der Waals surface area contributed by atoms with Crippen LogP contribution in [-0.2, 0) is 9.59 Å². The fourth-order valence-corrected chi connectivity index (χ4v) is 3.68. The molecule has 2 aliphatic rings. The quantitative estimate of drug-likeness (QED) is 0.721. The Morgan fingerprint density at radius 1 is 1.08 bits per heavy atom. The Morgan fingerprint density at radius 2 is 1.75 bits per heavy atom. The second kappa shape index (κ2) is 8.81. The summed E-state index contributed by atoms with van der Waals surface area (Å²) in [5.41, 5.74) is 0. The third-order valence-electron chi connectivity index (χ3n) is 5.38. The largest absolute Gasteiger partial charge is 0.343 e. The minimum Gasteiger partial charge on any atom is -0.343 e. The van der Waals surface area contributed by atoms with E-state index in [4.69, 9.17) is 0 Å². The highest BCUT2D eigenvalue weighted by atomic mass is 16.2. The van der Waals surface area contributed by atoms with Gasteiger partial charge < -0.3 is 20.4 Å². The fourth-order valence-electron chi connectivity index (χ4n) is 3.68.